The summed E-state index contributed by atoms with van der Waals surface area (Å²) < 4.78 is 14.1. The van der Waals surface area contributed by atoms with Gasteiger partial charge in [-0.2, -0.15) is 5.10 Å². The van der Waals surface area contributed by atoms with Crippen LogP contribution >= 0.6 is 11.3 Å². The largest absolute Gasteiger partial charge is 0.497 e. The molecule has 0 saturated heterocycles. The van der Waals surface area contributed by atoms with E-state index >= 15 is 0 Å². The van der Waals surface area contributed by atoms with Gasteiger partial charge in [0.1, 0.15) is 5.75 Å². The molecule has 1 atom stereocenters. The highest BCUT2D eigenvalue weighted by molar-refractivity contribution is 7.07. The van der Waals surface area contributed by atoms with Gasteiger partial charge in [-0.3, -0.25) is 14.0 Å². The number of hydrogen-bond donors (Lipinski definition) is 0. The van der Waals surface area contributed by atoms with E-state index in [-0.39, 0.29) is 5.56 Å². The van der Waals surface area contributed by atoms with E-state index in [1.165, 1.54) is 18.4 Å². The van der Waals surface area contributed by atoms with E-state index in [4.69, 9.17) is 9.47 Å². The summed E-state index contributed by atoms with van der Waals surface area (Å²) in [7, 11) is 4.74. The number of esters is 1. The molecule has 1 aliphatic rings. The van der Waals surface area contributed by atoms with Crippen molar-refractivity contribution in [2.24, 2.45) is 12.0 Å². The van der Waals surface area contributed by atoms with Crippen molar-refractivity contribution in [3.63, 3.8) is 0 Å². The summed E-state index contributed by atoms with van der Waals surface area (Å²) >= 11 is 1.29. The molecule has 0 aliphatic carbocycles. The van der Waals surface area contributed by atoms with E-state index < -0.39 is 12.0 Å². The fraction of sp³-hybridized carbons (Fsp3) is 0.273. The van der Waals surface area contributed by atoms with E-state index in [2.05, 4.69) is 10.1 Å². The quantitative estimate of drug-likeness (QED) is 0.576. The fourth-order valence-electron chi connectivity index (χ4n) is 3.70. The van der Waals surface area contributed by atoms with Gasteiger partial charge in [0, 0.05) is 18.8 Å². The van der Waals surface area contributed by atoms with Crippen molar-refractivity contribution in [3.8, 4) is 5.75 Å². The van der Waals surface area contributed by atoms with Crippen LogP contribution in [0.2, 0.25) is 0 Å². The Morgan fingerprint density at radius 2 is 1.90 bits per heavy atom. The highest BCUT2D eigenvalue weighted by atomic mass is 32.1. The monoisotopic (exact) mass is 438 g/mol. The predicted octanol–water partition coefficient (Wildman–Crippen LogP) is 1.46. The number of hydrogen-bond acceptors (Lipinski definition) is 7. The average Bonchev–Trinajstić information content (AvgIpc) is 3.24. The lowest BCUT2D eigenvalue weighted by atomic mass is 9.96. The zero-order valence-electron chi connectivity index (χ0n) is 17.9. The molecule has 0 fully saturated rings. The minimum Gasteiger partial charge on any atom is -0.497 e. The standard InChI is InChI=1S/C22H22N4O4S/c1-12-15(11-25(3)24-12)10-17-20(27)26-19(14-6-8-16(29-4)9-7-14)18(21(28)30-5)13(2)23-22(26)31-17/h6-11,19H,1-5H3/b17-10+/t19-/m0/s1. The first-order valence-corrected chi connectivity index (χ1v) is 10.4. The van der Waals surface area contributed by atoms with Crippen molar-refractivity contribution in [3.05, 3.63) is 78.2 Å². The van der Waals surface area contributed by atoms with Crippen LogP contribution in [-0.2, 0) is 16.6 Å². The second kappa shape index (κ2) is 7.99. The number of methoxy groups -OCH3 is 2. The molecule has 0 amide bonds. The Labute approximate surface area is 182 Å². The summed E-state index contributed by atoms with van der Waals surface area (Å²) in [5, 5.41) is 4.33. The average molecular weight is 439 g/mol. The van der Waals surface area contributed by atoms with Crippen molar-refractivity contribution in [2.45, 2.75) is 19.9 Å². The summed E-state index contributed by atoms with van der Waals surface area (Å²) in [6.45, 7) is 3.65. The van der Waals surface area contributed by atoms with Crippen LogP contribution in [0.1, 0.15) is 29.8 Å². The Kier molecular flexibility index (Phi) is 5.36. The first kappa shape index (κ1) is 20.8. The lowest BCUT2D eigenvalue weighted by Crippen LogP contribution is -2.39. The zero-order chi connectivity index (χ0) is 22.3. The summed E-state index contributed by atoms with van der Waals surface area (Å²) in [5.41, 5.74) is 3.09. The number of nitrogens with zero attached hydrogens (tertiary/aromatic N) is 4. The highest BCUT2D eigenvalue weighted by Crippen LogP contribution is 2.31. The predicted molar refractivity (Wildman–Crippen MR) is 117 cm³/mol. The number of aromatic nitrogens is 3. The number of aryl methyl sites for hydroxylation is 2. The molecule has 0 radical (unpaired) electrons. The molecule has 3 aromatic rings. The molecule has 160 valence electrons. The van der Waals surface area contributed by atoms with Crippen LogP contribution in [0, 0.1) is 6.92 Å². The molecule has 4 rings (SSSR count). The molecule has 0 saturated carbocycles. The highest BCUT2D eigenvalue weighted by Gasteiger charge is 2.33. The van der Waals surface area contributed by atoms with E-state index in [0.29, 0.717) is 26.4 Å². The third-order valence-electron chi connectivity index (χ3n) is 5.20. The number of thiazole rings is 1. The number of ether oxygens (including phenoxy) is 2. The maximum Gasteiger partial charge on any atom is 0.338 e. The first-order valence-electron chi connectivity index (χ1n) is 9.59. The van der Waals surface area contributed by atoms with Gasteiger partial charge in [-0.15, -0.1) is 0 Å². The second-order valence-electron chi connectivity index (χ2n) is 7.19. The van der Waals surface area contributed by atoms with Gasteiger partial charge < -0.3 is 9.47 Å². The molecule has 9 heteroatoms. The number of rotatable bonds is 4. The van der Waals surface area contributed by atoms with Gasteiger partial charge in [-0.1, -0.05) is 23.5 Å². The Bertz CT molecular complexity index is 1380. The van der Waals surface area contributed by atoms with Crippen molar-refractivity contribution in [2.75, 3.05) is 14.2 Å². The molecule has 1 aromatic carbocycles. The Morgan fingerprint density at radius 3 is 2.48 bits per heavy atom. The molecule has 0 unspecified atom stereocenters. The van der Waals surface area contributed by atoms with Crippen LogP contribution < -0.4 is 19.6 Å². The van der Waals surface area contributed by atoms with Crippen molar-refractivity contribution >= 4 is 23.4 Å². The van der Waals surface area contributed by atoms with Crippen molar-refractivity contribution < 1.29 is 14.3 Å². The van der Waals surface area contributed by atoms with Crippen LogP contribution in [0.15, 0.2) is 51.5 Å². The molecule has 0 N–H and O–H groups in total. The van der Waals surface area contributed by atoms with E-state index in [1.807, 2.05) is 38.4 Å². The van der Waals surface area contributed by atoms with Crippen LogP contribution in [0.25, 0.3) is 6.08 Å². The van der Waals surface area contributed by atoms with E-state index in [9.17, 15) is 9.59 Å². The van der Waals surface area contributed by atoms with Crippen LogP contribution in [0.4, 0.5) is 0 Å². The first-order chi connectivity index (χ1) is 14.8. The topological polar surface area (TPSA) is 87.7 Å². The minimum atomic E-state index is -0.647. The maximum atomic E-state index is 13.5. The van der Waals surface area contributed by atoms with Crippen molar-refractivity contribution in [1.82, 2.24) is 14.3 Å². The Morgan fingerprint density at radius 1 is 1.19 bits per heavy atom. The normalized spacial score (nSPS) is 16.2. The van der Waals surface area contributed by atoms with Gasteiger partial charge >= 0.3 is 5.97 Å². The Hall–Kier alpha value is -3.46. The summed E-state index contributed by atoms with van der Waals surface area (Å²) in [5.74, 6) is 0.169. The molecule has 0 bridgehead atoms. The second-order valence-corrected chi connectivity index (χ2v) is 8.20. The summed E-state index contributed by atoms with van der Waals surface area (Å²) in [6.07, 6.45) is 3.67. The summed E-state index contributed by atoms with van der Waals surface area (Å²) in [4.78, 5) is 31.2. The van der Waals surface area contributed by atoms with Gasteiger partial charge in [0.05, 0.1) is 41.8 Å². The number of benzene rings is 1. The molecule has 3 heterocycles. The fourth-order valence-corrected chi connectivity index (χ4v) is 4.73. The van der Waals surface area contributed by atoms with Crippen LogP contribution in [0.5, 0.6) is 5.75 Å². The molecular weight excluding hydrogens is 416 g/mol. The van der Waals surface area contributed by atoms with Gasteiger partial charge in [0.15, 0.2) is 4.80 Å². The van der Waals surface area contributed by atoms with Gasteiger partial charge in [-0.05, 0) is 37.6 Å². The summed E-state index contributed by atoms with van der Waals surface area (Å²) in [6, 6.07) is 6.64. The number of carbonyl (C=O) groups excluding carboxylic acids is 1. The number of allylic oxidation sites excluding steroid dienone is 1. The smallest absolute Gasteiger partial charge is 0.338 e. The van der Waals surface area contributed by atoms with Crippen LogP contribution in [0.3, 0.4) is 0 Å². The molecule has 2 aromatic heterocycles. The molecule has 8 nitrogen and oxygen atoms in total. The third kappa shape index (κ3) is 3.61. The van der Waals surface area contributed by atoms with E-state index in [0.717, 1.165) is 16.8 Å². The molecule has 31 heavy (non-hydrogen) atoms. The van der Waals surface area contributed by atoms with Crippen LogP contribution in [-0.4, -0.2) is 34.5 Å². The number of fused-ring (bicyclic) bond motifs is 1. The third-order valence-corrected chi connectivity index (χ3v) is 6.18. The molecule has 1 aliphatic heterocycles. The molecular formula is C22H22N4O4S. The number of carbonyl (C=O) groups is 1. The minimum absolute atomic E-state index is 0.221. The Balaban J connectivity index is 1.97. The van der Waals surface area contributed by atoms with Gasteiger partial charge in [-0.25, -0.2) is 9.79 Å². The van der Waals surface area contributed by atoms with Gasteiger partial charge in [0.25, 0.3) is 5.56 Å². The maximum absolute atomic E-state index is 13.5. The van der Waals surface area contributed by atoms with Crippen molar-refractivity contribution in [1.29, 1.82) is 0 Å². The zero-order valence-corrected chi connectivity index (χ0v) is 18.7. The lowest BCUT2D eigenvalue weighted by Gasteiger charge is -2.24. The molecule has 0 spiro atoms. The van der Waals surface area contributed by atoms with Gasteiger partial charge in [0.2, 0.25) is 0 Å². The lowest BCUT2D eigenvalue weighted by molar-refractivity contribution is -0.136. The van der Waals surface area contributed by atoms with E-state index in [1.54, 1.807) is 35.4 Å². The SMILES string of the molecule is COC(=O)C1=C(C)N=c2s/c(=C/c3cn(C)nc3C)c(=O)n2[C@H]1c1ccc(OC)cc1.